The maximum absolute atomic E-state index is 12.8. The first-order chi connectivity index (χ1) is 12.7. The minimum Gasteiger partial charge on any atom is -0.299 e. The molecule has 7 nitrogen and oxygen atoms in total. The molecule has 0 bridgehead atoms. The van der Waals surface area contributed by atoms with E-state index in [9.17, 15) is 13.2 Å². The normalized spacial score (nSPS) is 12.8. The summed E-state index contributed by atoms with van der Waals surface area (Å²) in [5.74, 6) is 1.01. The van der Waals surface area contributed by atoms with Crippen molar-refractivity contribution < 1.29 is 13.2 Å². The summed E-state index contributed by atoms with van der Waals surface area (Å²) in [6.07, 6.45) is 1.42. The first-order valence-electron chi connectivity index (χ1n) is 8.54. The van der Waals surface area contributed by atoms with E-state index in [0.717, 1.165) is 20.7 Å². The third-order valence-corrected chi connectivity index (χ3v) is 7.10. The molecule has 0 aliphatic carbocycles. The van der Waals surface area contributed by atoms with E-state index in [-0.39, 0.29) is 0 Å². The Balaban J connectivity index is 2.19. The average Bonchev–Trinajstić information content (AvgIpc) is 3.04. The van der Waals surface area contributed by atoms with Crippen LogP contribution in [0.3, 0.4) is 0 Å². The second-order valence-corrected chi connectivity index (χ2v) is 10.5. The van der Waals surface area contributed by atoms with E-state index < -0.39 is 22.0 Å². The molecule has 0 spiro atoms. The molecule has 2 rings (SSSR count). The van der Waals surface area contributed by atoms with Crippen LogP contribution in [0.15, 0.2) is 34.7 Å². The molecule has 1 aromatic carbocycles. The Labute approximate surface area is 168 Å². The number of anilines is 2. The zero-order valence-corrected chi connectivity index (χ0v) is 18.2. The minimum absolute atomic E-state index is 0.321. The predicted molar refractivity (Wildman–Crippen MR) is 112 cm³/mol. The van der Waals surface area contributed by atoms with Gasteiger partial charge in [0.2, 0.25) is 21.1 Å². The van der Waals surface area contributed by atoms with Gasteiger partial charge in [0.25, 0.3) is 0 Å². The van der Waals surface area contributed by atoms with E-state index in [1.54, 1.807) is 49.0 Å². The largest absolute Gasteiger partial charge is 0.299 e. The van der Waals surface area contributed by atoms with Crippen molar-refractivity contribution in [1.82, 2.24) is 10.2 Å². The van der Waals surface area contributed by atoms with Gasteiger partial charge in [-0.25, -0.2) is 8.42 Å². The van der Waals surface area contributed by atoms with Crippen LogP contribution < -0.4 is 9.62 Å². The number of aromatic nitrogens is 2. The lowest BCUT2D eigenvalue weighted by atomic mass is 10.2. The molecule has 0 aliphatic rings. The zero-order chi connectivity index (χ0) is 20.0. The van der Waals surface area contributed by atoms with Crippen LogP contribution in [0.25, 0.3) is 0 Å². The highest BCUT2D eigenvalue weighted by Crippen LogP contribution is 2.28. The van der Waals surface area contributed by atoms with Crippen LogP contribution in [0.1, 0.15) is 27.2 Å². The molecule has 1 heterocycles. The number of amides is 1. The fraction of sp³-hybridized carbons (Fsp3) is 0.471. The summed E-state index contributed by atoms with van der Waals surface area (Å²) < 4.78 is 26.6. The van der Waals surface area contributed by atoms with Crippen molar-refractivity contribution in [2.75, 3.05) is 21.6 Å². The number of hydrogen-bond acceptors (Lipinski definition) is 7. The third-order valence-electron chi connectivity index (χ3n) is 3.52. The molecule has 2 aromatic rings. The molecule has 0 aliphatic heterocycles. The Morgan fingerprint density at radius 1 is 1.26 bits per heavy atom. The molecule has 1 N–H and O–H groups in total. The SMILES string of the molecule is CCC(C(=O)Nc1nnc(SCC(C)C)s1)N(c1ccccc1)S(C)(=O)=O. The van der Waals surface area contributed by atoms with Gasteiger partial charge < -0.3 is 0 Å². The van der Waals surface area contributed by atoms with Crippen LogP contribution in [0.2, 0.25) is 0 Å². The van der Waals surface area contributed by atoms with E-state index >= 15 is 0 Å². The number of carbonyl (C=O) groups is 1. The van der Waals surface area contributed by atoms with Crippen LogP contribution in [0.5, 0.6) is 0 Å². The molecule has 1 aromatic heterocycles. The standard InChI is InChI=1S/C17H24N4O3S3/c1-5-14(21(27(4,23)24)13-9-7-6-8-10-13)15(22)18-16-19-20-17(26-16)25-11-12(2)3/h6-10,12,14H,5,11H2,1-4H3,(H,18,19,22). The van der Waals surface area contributed by atoms with Crippen molar-refractivity contribution in [3.05, 3.63) is 30.3 Å². The van der Waals surface area contributed by atoms with Gasteiger partial charge in [0.15, 0.2) is 4.34 Å². The predicted octanol–water partition coefficient (Wildman–Crippen LogP) is 3.47. The fourth-order valence-corrected chi connectivity index (χ4v) is 5.32. The molecular weight excluding hydrogens is 404 g/mol. The fourth-order valence-electron chi connectivity index (χ4n) is 2.38. The Bertz CT molecular complexity index is 853. The lowest BCUT2D eigenvalue weighted by Crippen LogP contribution is -2.46. The molecule has 0 fully saturated rings. The highest BCUT2D eigenvalue weighted by atomic mass is 32.2. The number of carbonyl (C=O) groups excluding carboxylic acids is 1. The lowest BCUT2D eigenvalue weighted by molar-refractivity contribution is -0.117. The Morgan fingerprint density at radius 2 is 1.93 bits per heavy atom. The number of rotatable bonds is 9. The molecule has 1 unspecified atom stereocenters. The van der Waals surface area contributed by atoms with Crippen molar-refractivity contribution in [1.29, 1.82) is 0 Å². The van der Waals surface area contributed by atoms with E-state index in [4.69, 9.17) is 0 Å². The van der Waals surface area contributed by atoms with E-state index in [2.05, 4.69) is 29.4 Å². The van der Waals surface area contributed by atoms with E-state index in [1.165, 1.54) is 11.3 Å². The van der Waals surface area contributed by atoms with Gasteiger partial charge in [-0.15, -0.1) is 10.2 Å². The van der Waals surface area contributed by atoms with Gasteiger partial charge in [0.1, 0.15) is 6.04 Å². The van der Waals surface area contributed by atoms with Crippen molar-refractivity contribution in [3.8, 4) is 0 Å². The number of nitrogens with zero attached hydrogens (tertiary/aromatic N) is 3. The smallest absolute Gasteiger partial charge is 0.250 e. The summed E-state index contributed by atoms with van der Waals surface area (Å²) in [5, 5.41) is 11.1. The Hall–Kier alpha value is -1.65. The van der Waals surface area contributed by atoms with Crippen LogP contribution in [0.4, 0.5) is 10.8 Å². The summed E-state index contributed by atoms with van der Waals surface area (Å²) in [6.45, 7) is 6.01. The molecule has 1 amide bonds. The summed E-state index contributed by atoms with van der Waals surface area (Å²) in [6, 6.07) is 7.73. The Morgan fingerprint density at radius 3 is 2.48 bits per heavy atom. The van der Waals surface area contributed by atoms with Gasteiger partial charge >= 0.3 is 0 Å². The number of para-hydroxylation sites is 1. The number of benzene rings is 1. The molecule has 0 saturated heterocycles. The summed E-state index contributed by atoms with van der Waals surface area (Å²) in [5.41, 5.74) is 0.451. The zero-order valence-electron chi connectivity index (χ0n) is 15.7. The van der Waals surface area contributed by atoms with Crippen LogP contribution >= 0.6 is 23.1 Å². The molecule has 0 saturated carbocycles. The van der Waals surface area contributed by atoms with Crippen LogP contribution in [-0.4, -0.2) is 42.6 Å². The summed E-state index contributed by atoms with van der Waals surface area (Å²) in [7, 11) is -3.64. The number of thioether (sulfide) groups is 1. The molecule has 27 heavy (non-hydrogen) atoms. The highest BCUT2D eigenvalue weighted by Gasteiger charge is 2.31. The quantitative estimate of drug-likeness (QED) is 0.486. The first kappa shape index (κ1) is 21.6. The molecular formula is C17H24N4O3S3. The topological polar surface area (TPSA) is 92.3 Å². The summed E-state index contributed by atoms with van der Waals surface area (Å²) in [4.78, 5) is 12.8. The van der Waals surface area contributed by atoms with Crippen molar-refractivity contribution in [2.45, 2.75) is 37.6 Å². The molecule has 10 heteroatoms. The second-order valence-electron chi connectivity index (χ2n) is 6.39. The van der Waals surface area contributed by atoms with Crippen molar-refractivity contribution in [3.63, 3.8) is 0 Å². The van der Waals surface area contributed by atoms with Gasteiger partial charge in [-0.2, -0.15) is 0 Å². The average molecular weight is 429 g/mol. The number of hydrogen-bond donors (Lipinski definition) is 1. The second kappa shape index (κ2) is 9.52. The van der Waals surface area contributed by atoms with E-state index in [1.807, 2.05) is 0 Å². The maximum atomic E-state index is 12.8. The van der Waals surface area contributed by atoms with Crippen molar-refractivity contribution >= 4 is 49.8 Å². The van der Waals surface area contributed by atoms with Crippen LogP contribution in [0, 0.1) is 5.92 Å². The minimum atomic E-state index is -3.64. The lowest BCUT2D eigenvalue weighted by Gasteiger charge is -2.29. The summed E-state index contributed by atoms with van der Waals surface area (Å²) >= 11 is 2.87. The molecule has 148 valence electrons. The Kier molecular flexibility index (Phi) is 7.63. The highest BCUT2D eigenvalue weighted by molar-refractivity contribution is 8.01. The number of sulfonamides is 1. The van der Waals surface area contributed by atoms with Crippen LogP contribution in [-0.2, 0) is 14.8 Å². The van der Waals surface area contributed by atoms with Gasteiger partial charge in [0.05, 0.1) is 11.9 Å². The third kappa shape index (κ3) is 6.18. The van der Waals surface area contributed by atoms with Gasteiger partial charge in [-0.05, 0) is 24.5 Å². The number of nitrogens with one attached hydrogen (secondary N) is 1. The maximum Gasteiger partial charge on any atom is 0.250 e. The van der Waals surface area contributed by atoms with Gasteiger partial charge in [-0.1, -0.05) is 62.1 Å². The van der Waals surface area contributed by atoms with Crippen molar-refractivity contribution in [2.24, 2.45) is 5.92 Å². The van der Waals surface area contributed by atoms with Gasteiger partial charge in [-0.3, -0.25) is 14.4 Å². The molecule has 0 radical (unpaired) electrons. The first-order valence-corrected chi connectivity index (χ1v) is 12.2. The monoisotopic (exact) mass is 428 g/mol. The van der Waals surface area contributed by atoms with E-state index in [0.29, 0.717) is 23.2 Å². The van der Waals surface area contributed by atoms with Gasteiger partial charge in [0, 0.05) is 5.75 Å². The molecule has 1 atom stereocenters.